The van der Waals surface area contributed by atoms with Crippen LogP contribution in [0.25, 0.3) is 27.1 Å². The molecule has 0 radical (unpaired) electrons. The molecule has 4 heterocycles. The Balaban J connectivity index is 1.89. The third kappa shape index (κ3) is 1.91. The van der Waals surface area contributed by atoms with Crippen LogP contribution in [0.5, 0.6) is 0 Å². The van der Waals surface area contributed by atoms with Gasteiger partial charge in [0.15, 0.2) is 10.8 Å². The fourth-order valence-electron chi connectivity index (χ4n) is 1.95. The van der Waals surface area contributed by atoms with Crippen LogP contribution in [0.3, 0.4) is 0 Å². The second kappa shape index (κ2) is 4.61. The summed E-state index contributed by atoms with van der Waals surface area (Å²) in [7, 11) is 0. The van der Waals surface area contributed by atoms with Crippen LogP contribution in [0.1, 0.15) is 5.69 Å². The summed E-state index contributed by atoms with van der Waals surface area (Å²) in [6.07, 6.45) is 3.41. The van der Waals surface area contributed by atoms with E-state index < -0.39 is 0 Å². The summed E-state index contributed by atoms with van der Waals surface area (Å²) >= 11 is 7.60. The molecule has 0 aromatic carbocycles. The molecule has 0 atom stereocenters. The van der Waals surface area contributed by atoms with E-state index in [1.165, 1.54) is 11.3 Å². The number of halogens is 1. The molecule has 4 aromatic heterocycles. The summed E-state index contributed by atoms with van der Waals surface area (Å²) < 4.78 is 1.69. The number of rotatable bonds is 2. The molecular formula is C12H8ClN7S. The molecule has 7 nitrogen and oxygen atoms in total. The summed E-state index contributed by atoms with van der Waals surface area (Å²) in [6, 6.07) is 3.72. The third-order valence-electron chi connectivity index (χ3n) is 3.00. The van der Waals surface area contributed by atoms with E-state index in [4.69, 9.17) is 11.6 Å². The summed E-state index contributed by atoms with van der Waals surface area (Å²) in [4.78, 5) is 4.68. The number of pyridine rings is 1. The molecule has 4 aromatic rings. The number of fused-ring (bicyclic) bond motifs is 1. The molecular weight excluding hydrogens is 310 g/mol. The highest BCUT2D eigenvalue weighted by molar-refractivity contribution is 7.19. The summed E-state index contributed by atoms with van der Waals surface area (Å²) in [5.41, 5.74) is 2.34. The van der Waals surface area contributed by atoms with Crippen molar-refractivity contribution in [1.82, 2.24) is 35.0 Å². The predicted octanol–water partition coefficient (Wildman–Crippen LogP) is 2.60. The zero-order chi connectivity index (χ0) is 14.4. The Morgan fingerprint density at radius 1 is 1.24 bits per heavy atom. The van der Waals surface area contributed by atoms with E-state index >= 15 is 0 Å². The average Bonchev–Trinajstić information content (AvgIpc) is 3.15. The van der Waals surface area contributed by atoms with Gasteiger partial charge in [-0.1, -0.05) is 22.9 Å². The van der Waals surface area contributed by atoms with Gasteiger partial charge in [-0.15, -0.1) is 10.2 Å². The number of aryl methyl sites for hydroxylation is 1. The molecule has 0 saturated carbocycles. The van der Waals surface area contributed by atoms with Gasteiger partial charge in [0, 0.05) is 18.0 Å². The number of H-pyrrole nitrogens is 1. The van der Waals surface area contributed by atoms with E-state index in [1.54, 1.807) is 16.9 Å². The summed E-state index contributed by atoms with van der Waals surface area (Å²) in [6.45, 7) is 1.86. The van der Waals surface area contributed by atoms with Crippen LogP contribution in [0.15, 0.2) is 24.5 Å². The largest absolute Gasteiger partial charge is 0.281 e. The van der Waals surface area contributed by atoms with Crippen LogP contribution in [0.2, 0.25) is 5.02 Å². The van der Waals surface area contributed by atoms with Gasteiger partial charge in [0.05, 0.1) is 10.7 Å². The SMILES string of the molecule is Cc1[nH]nc(-c2nn3c(-c4ccncc4)nnc3s2)c1Cl. The average molecular weight is 318 g/mol. The lowest BCUT2D eigenvalue weighted by Crippen LogP contribution is -1.91. The number of hydrogen-bond acceptors (Lipinski definition) is 6. The summed E-state index contributed by atoms with van der Waals surface area (Å²) in [5.74, 6) is 0.665. The van der Waals surface area contributed by atoms with Crippen molar-refractivity contribution in [2.75, 3.05) is 0 Å². The van der Waals surface area contributed by atoms with Crippen molar-refractivity contribution in [1.29, 1.82) is 0 Å². The predicted molar refractivity (Wildman–Crippen MR) is 79.2 cm³/mol. The molecule has 21 heavy (non-hydrogen) atoms. The number of hydrogen-bond donors (Lipinski definition) is 1. The second-order valence-corrected chi connectivity index (χ2v) is 5.71. The number of nitrogens with zero attached hydrogens (tertiary/aromatic N) is 6. The van der Waals surface area contributed by atoms with Crippen molar-refractivity contribution in [3.63, 3.8) is 0 Å². The highest BCUT2D eigenvalue weighted by Gasteiger charge is 2.18. The first-order valence-electron chi connectivity index (χ1n) is 6.07. The van der Waals surface area contributed by atoms with E-state index in [0.717, 1.165) is 11.3 Å². The van der Waals surface area contributed by atoms with Crippen molar-refractivity contribution in [3.8, 4) is 22.1 Å². The first-order chi connectivity index (χ1) is 10.2. The molecule has 0 saturated heterocycles. The first kappa shape index (κ1) is 12.4. The zero-order valence-electron chi connectivity index (χ0n) is 10.8. The maximum absolute atomic E-state index is 6.21. The minimum absolute atomic E-state index is 0.574. The molecule has 0 unspecified atom stereocenters. The highest BCUT2D eigenvalue weighted by Crippen LogP contribution is 2.32. The highest BCUT2D eigenvalue weighted by atomic mass is 35.5. The lowest BCUT2D eigenvalue weighted by Gasteiger charge is -1.94. The smallest absolute Gasteiger partial charge is 0.235 e. The van der Waals surface area contributed by atoms with Crippen molar-refractivity contribution in [3.05, 3.63) is 35.2 Å². The topological polar surface area (TPSA) is 84.7 Å². The Labute approximate surface area is 127 Å². The molecule has 0 spiro atoms. The van der Waals surface area contributed by atoms with Gasteiger partial charge >= 0.3 is 0 Å². The number of aromatic nitrogens is 7. The number of nitrogens with one attached hydrogen (secondary N) is 1. The van der Waals surface area contributed by atoms with Gasteiger partial charge in [-0.05, 0) is 19.1 Å². The molecule has 0 aliphatic carbocycles. The normalized spacial score (nSPS) is 11.3. The fourth-order valence-corrected chi connectivity index (χ4v) is 3.02. The van der Waals surface area contributed by atoms with Crippen LogP contribution >= 0.6 is 22.9 Å². The minimum Gasteiger partial charge on any atom is -0.281 e. The Hall–Kier alpha value is -2.32. The van der Waals surface area contributed by atoms with Gasteiger partial charge in [-0.25, -0.2) is 0 Å². The van der Waals surface area contributed by atoms with E-state index in [9.17, 15) is 0 Å². The summed E-state index contributed by atoms with van der Waals surface area (Å²) in [5, 5.41) is 21.1. The van der Waals surface area contributed by atoms with Gasteiger partial charge in [-0.2, -0.15) is 14.7 Å². The van der Waals surface area contributed by atoms with Crippen LogP contribution in [-0.2, 0) is 0 Å². The fraction of sp³-hybridized carbons (Fsp3) is 0.0833. The Morgan fingerprint density at radius 2 is 2.05 bits per heavy atom. The first-order valence-corrected chi connectivity index (χ1v) is 7.27. The van der Waals surface area contributed by atoms with Crippen molar-refractivity contribution in [2.24, 2.45) is 0 Å². The van der Waals surface area contributed by atoms with Crippen molar-refractivity contribution >= 4 is 27.9 Å². The lowest BCUT2D eigenvalue weighted by atomic mass is 10.2. The minimum atomic E-state index is 0.574. The zero-order valence-corrected chi connectivity index (χ0v) is 12.4. The molecule has 0 aliphatic heterocycles. The van der Waals surface area contributed by atoms with Gasteiger partial charge in [0.2, 0.25) is 4.96 Å². The van der Waals surface area contributed by atoms with Crippen molar-refractivity contribution < 1.29 is 0 Å². The Kier molecular flexibility index (Phi) is 2.72. The molecule has 9 heteroatoms. The maximum atomic E-state index is 6.21. The molecule has 0 amide bonds. The number of aromatic amines is 1. The Morgan fingerprint density at radius 3 is 2.76 bits per heavy atom. The van der Waals surface area contributed by atoms with Crippen molar-refractivity contribution in [2.45, 2.75) is 6.92 Å². The quantitative estimate of drug-likeness (QED) is 0.614. The van der Waals surface area contributed by atoms with E-state index in [-0.39, 0.29) is 0 Å². The van der Waals surface area contributed by atoms with E-state index in [1.807, 2.05) is 19.1 Å². The molecule has 104 valence electrons. The molecule has 0 bridgehead atoms. The van der Waals surface area contributed by atoms with Gasteiger partial charge in [-0.3, -0.25) is 10.1 Å². The molecule has 0 fully saturated rings. The lowest BCUT2D eigenvalue weighted by molar-refractivity contribution is 0.961. The van der Waals surface area contributed by atoms with E-state index in [0.29, 0.717) is 26.5 Å². The molecule has 1 N–H and O–H groups in total. The molecule has 4 rings (SSSR count). The van der Waals surface area contributed by atoms with Gasteiger partial charge in [0.1, 0.15) is 5.69 Å². The second-order valence-electron chi connectivity index (χ2n) is 4.37. The van der Waals surface area contributed by atoms with Crippen LogP contribution < -0.4 is 0 Å². The van der Waals surface area contributed by atoms with Crippen LogP contribution in [0.4, 0.5) is 0 Å². The van der Waals surface area contributed by atoms with Gasteiger partial charge < -0.3 is 0 Å². The molecule has 0 aliphatic rings. The van der Waals surface area contributed by atoms with E-state index in [2.05, 4.69) is 30.5 Å². The third-order valence-corrected chi connectivity index (χ3v) is 4.37. The Bertz CT molecular complexity index is 924. The van der Waals surface area contributed by atoms with Gasteiger partial charge in [0.25, 0.3) is 0 Å². The van der Waals surface area contributed by atoms with Crippen LogP contribution in [0, 0.1) is 6.92 Å². The monoisotopic (exact) mass is 317 g/mol. The van der Waals surface area contributed by atoms with Crippen LogP contribution in [-0.4, -0.2) is 35.0 Å². The standard InChI is InChI=1S/C12H8ClN7S/c1-6-8(13)9(16-15-6)11-19-20-10(17-18-12(20)21-11)7-2-4-14-5-3-7/h2-5H,1H3,(H,15,16). The maximum Gasteiger partial charge on any atom is 0.235 e.